The van der Waals surface area contributed by atoms with E-state index in [9.17, 15) is 14.4 Å². The maximum atomic E-state index is 13.2. The highest BCUT2D eigenvalue weighted by Crippen LogP contribution is 2.33. The number of anilines is 2. The van der Waals surface area contributed by atoms with Crippen LogP contribution < -0.4 is 15.5 Å². The monoisotopic (exact) mass is 456 g/mol. The molecule has 1 aliphatic heterocycles. The van der Waals surface area contributed by atoms with Crippen LogP contribution in [0.3, 0.4) is 0 Å². The zero-order chi connectivity index (χ0) is 23.5. The fraction of sp³-hybridized carbons (Fsp3) is 0.375. The first-order valence-corrected chi connectivity index (χ1v) is 11.2. The molecule has 1 aliphatic rings. The first kappa shape index (κ1) is 23.6. The molecule has 0 aromatic heterocycles. The summed E-state index contributed by atoms with van der Waals surface area (Å²) in [6, 6.07) is 14.1. The van der Waals surface area contributed by atoms with Crippen LogP contribution in [0.25, 0.3) is 0 Å². The Balaban J connectivity index is 1.70. The van der Waals surface area contributed by atoms with Crippen molar-refractivity contribution in [3.05, 3.63) is 59.1 Å². The molecule has 7 nitrogen and oxygen atoms in total. The van der Waals surface area contributed by atoms with Crippen LogP contribution in [0.15, 0.2) is 48.5 Å². The van der Waals surface area contributed by atoms with Crippen molar-refractivity contribution in [3.8, 4) is 0 Å². The summed E-state index contributed by atoms with van der Waals surface area (Å²) in [6.07, 6.45) is 0.350. The van der Waals surface area contributed by atoms with Gasteiger partial charge in [-0.3, -0.25) is 14.5 Å². The minimum Gasteiger partial charge on any atom is -0.369 e. The number of imide groups is 1. The van der Waals surface area contributed by atoms with Crippen molar-refractivity contribution < 1.29 is 14.4 Å². The number of urea groups is 1. The number of nitrogens with one attached hydrogen (secondary N) is 2. The Hall–Kier alpha value is -3.06. The Morgan fingerprint density at radius 2 is 1.72 bits per heavy atom. The van der Waals surface area contributed by atoms with Crippen LogP contribution in [0, 0.1) is 0 Å². The predicted molar refractivity (Wildman–Crippen MR) is 127 cm³/mol. The third-order valence-electron chi connectivity index (χ3n) is 5.79. The number of rotatable bonds is 8. The first-order chi connectivity index (χ1) is 15.2. The summed E-state index contributed by atoms with van der Waals surface area (Å²) in [7, 11) is 0. The summed E-state index contributed by atoms with van der Waals surface area (Å²) in [5.41, 5.74) is 1.09. The summed E-state index contributed by atoms with van der Waals surface area (Å²) in [5, 5.41) is 6.07. The second-order valence-electron chi connectivity index (χ2n) is 8.06. The highest BCUT2D eigenvalue weighted by atomic mass is 35.5. The topological polar surface area (TPSA) is 81.8 Å². The Morgan fingerprint density at radius 3 is 2.25 bits per heavy atom. The van der Waals surface area contributed by atoms with Gasteiger partial charge in [-0.05, 0) is 69.2 Å². The molecule has 3 rings (SSSR count). The maximum absolute atomic E-state index is 13.2. The lowest BCUT2D eigenvalue weighted by atomic mass is 9.87. The van der Waals surface area contributed by atoms with Crippen LogP contribution in [0.2, 0.25) is 5.02 Å². The van der Waals surface area contributed by atoms with Gasteiger partial charge in [-0.2, -0.15) is 0 Å². The fourth-order valence-corrected chi connectivity index (χ4v) is 4.20. The Kier molecular flexibility index (Phi) is 7.09. The lowest BCUT2D eigenvalue weighted by Crippen LogP contribution is -2.44. The van der Waals surface area contributed by atoms with E-state index in [0.29, 0.717) is 28.7 Å². The molecule has 2 N–H and O–H groups in total. The van der Waals surface area contributed by atoms with E-state index in [1.54, 1.807) is 24.3 Å². The van der Waals surface area contributed by atoms with Gasteiger partial charge in [0.15, 0.2) is 0 Å². The molecular weight excluding hydrogens is 428 g/mol. The number of hydrogen-bond donors (Lipinski definition) is 2. The van der Waals surface area contributed by atoms with Crippen LogP contribution in [-0.4, -0.2) is 41.9 Å². The van der Waals surface area contributed by atoms with Gasteiger partial charge in [-0.15, -0.1) is 0 Å². The molecule has 0 radical (unpaired) electrons. The second kappa shape index (κ2) is 9.61. The normalized spacial score (nSPS) is 18.1. The molecule has 1 heterocycles. The summed E-state index contributed by atoms with van der Waals surface area (Å²) >= 11 is 5.96. The number of benzene rings is 2. The maximum Gasteiger partial charge on any atom is 0.325 e. The molecule has 1 unspecified atom stereocenters. The van der Waals surface area contributed by atoms with Gasteiger partial charge in [0.1, 0.15) is 12.1 Å². The molecule has 0 spiro atoms. The van der Waals surface area contributed by atoms with Gasteiger partial charge in [-0.25, -0.2) is 4.79 Å². The molecule has 0 bridgehead atoms. The van der Waals surface area contributed by atoms with Crippen molar-refractivity contribution >= 4 is 40.8 Å². The molecule has 1 saturated heterocycles. The van der Waals surface area contributed by atoms with E-state index in [-0.39, 0.29) is 6.54 Å². The van der Waals surface area contributed by atoms with Gasteiger partial charge in [0, 0.05) is 29.0 Å². The Labute approximate surface area is 193 Å². The van der Waals surface area contributed by atoms with E-state index >= 15 is 0 Å². The molecule has 2 aromatic carbocycles. The molecule has 4 amide bonds. The van der Waals surface area contributed by atoms with Crippen LogP contribution in [-0.2, 0) is 15.1 Å². The summed E-state index contributed by atoms with van der Waals surface area (Å²) in [6.45, 7) is 8.66. The highest BCUT2D eigenvalue weighted by Gasteiger charge is 2.51. The standard InChI is InChI=1S/C24H29ClN4O3/c1-5-24(17-7-9-18(25)10-8-17)22(31)29(23(32)27-24)15-21(30)26-19-11-13-20(14-12-19)28(6-2)16(3)4/h7-14,16H,5-6,15H2,1-4H3,(H,26,30)(H,27,32). The molecule has 1 atom stereocenters. The molecule has 8 heteroatoms. The van der Waals surface area contributed by atoms with Crippen molar-refractivity contribution in [2.45, 2.75) is 45.7 Å². The molecule has 32 heavy (non-hydrogen) atoms. The van der Waals surface area contributed by atoms with E-state index in [1.807, 2.05) is 31.2 Å². The number of carbonyl (C=O) groups is 3. The second-order valence-corrected chi connectivity index (χ2v) is 8.50. The van der Waals surface area contributed by atoms with E-state index in [4.69, 9.17) is 11.6 Å². The SMILES string of the molecule is CCN(c1ccc(NC(=O)CN2C(=O)NC(CC)(c3ccc(Cl)cc3)C2=O)cc1)C(C)C. The van der Waals surface area contributed by atoms with Crippen molar-refractivity contribution in [2.75, 3.05) is 23.3 Å². The quantitative estimate of drug-likeness (QED) is 0.578. The van der Waals surface area contributed by atoms with E-state index < -0.39 is 23.4 Å². The van der Waals surface area contributed by atoms with Gasteiger partial charge in [-0.1, -0.05) is 30.7 Å². The fourth-order valence-electron chi connectivity index (χ4n) is 4.07. The third-order valence-corrected chi connectivity index (χ3v) is 6.04. The Morgan fingerprint density at radius 1 is 1.09 bits per heavy atom. The number of amides is 4. The first-order valence-electron chi connectivity index (χ1n) is 10.8. The van der Waals surface area contributed by atoms with Gasteiger partial charge < -0.3 is 15.5 Å². The number of hydrogen-bond acceptors (Lipinski definition) is 4. The average molecular weight is 457 g/mol. The number of carbonyl (C=O) groups excluding carboxylic acids is 3. The Bertz CT molecular complexity index is 991. The van der Waals surface area contributed by atoms with E-state index in [1.165, 1.54) is 0 Å². The highest BCUT2D eigenvalue weighted by molar-refractivity contribution is 6.30. The summed E-state index contributed by atoms with van der Waals surface area (Å²) in [5.74, 6) is -0.895. The molecular formula is C24H29ClN4O3. The van der Waals surface area contributed by atoms with Crippen molar-refractivity contribution in [2.24, 2.45) is 0 Å². The lowest BCUT2D eigenvalue weighted by molar-refractivity contribution is -0.134. The van der Waals surface area contributed by atoms with Crippen molar-refractivity contribution in [1.29, 1.82) is 0 Å². The van der Waals surface area contributed by atoms with Gasteiger partial charge in [0.2, 0.25) is 5.91 Å². The van der Waals surface area contributed by atoms with Gasteiger partial charge >= 0.3 is 6.03 Å². The average Bonchev–Trinajstić information content (AvgIpc) is 3.00. The minimum absolute atomic E-state index is 0.350. The number of halogens is 1. The third kappa shape index (κ3) is 4.58. The molecule has 0 aliphatic carbocycles. The zero-order valence-corrected chi connectivity index (χ0v) is 19.6. The van der Waals surface area contributed by atoms with Crippen LogP contribution >= 0.6 is 11.6 Å². The van der Waals surface area contributed by atoms with E-state index in [0.717, 1.165) is 17.1 Å². The molecule has 0 saturated carbocycles. The molecule has 1 fully saturated rings. The smallest absolute Gasteiger partial charge is 0.325 e. The zero-order valence-electron chi connectivity index (χ0n) is 18.8. The predicted octanol–water partition coefficient (Wildman–Crippen LogP) is 4.37. The van der Waals surface area contributed by atoms with Crippen molar-refractivity contribution in [1.82, 2.24) is 10.2 Å². The van der Waals surface area contributed by atoms with Crippen LogP contribution in [0.1, 0.15) is 39.7 Å². The molecule has 2 aromatic rings. The number of nitrogens with zero attached hydrogens (tertiary/aromatic N) is 2. The van der Waals surface area contributed by atoms with Crippen molar-refractivity contribution in [3.63, 3.8) is 0 Å². The summed E-state index contributed by atoms with van der Waals surface area (Å²) in [4.78, 5) is 41.6. The molecule has 170 valence electrons. The summed E-state index contributed by atoms with van der Waals surface area (Å²) < 4.78 is 0. The largest absolute Gasteiger partial charge is 0.369 e. The minimum atomic E-state index is -1.20. The van der Waals surface area contributed by atoms with Crippen LogP contribution in [0.4, 0.5) is 16.2 Å². The van der Waals surface area contributed by atoms with Crippen LogP contribution in [0.5, 0.6) is 0 Å². The van der Waals surface area contributed by atoms with Gasteiger partial charge in [0.25, 0.3) is 5.91 Å². The van der Waals surface area contributed by atoms with Gasteiger partial charge in [0.05, 0.1) is 0 Å². The van der Waals surface area contributed by atoms with E-state index in [2.05, 4.69) is 36.3 Å². The lowest BCUT2D eigenvalue weighted by Gasteiger charge is -2.27.